The highest BCUT2D eigenvalue weighted by molar-refractivity contribution is 9.09. The Morgan fingerprint density at radius 1 is 1.44 bits per heavy atom. The molecule has 1 aliphatic rings. The zero-order valence-corrected chi connectivity index (χ0v) is 12.3. The molecule has 1 aromatic heterocycles. The number of halogens is 1. The minimum Gasteiger partial charge on any atom is -0.346 e. The van der Waals surface area contributed by atoms with Gasteiger partial charge in [-0.25, -0.2) is 0 Å². The number of hydrogen-bond donors (Lipinski definition) is 1. The number of pyridine rings is 1. The van der Waals surface area contributed by atoms with Crippen molar-refractivity contribution in [2.75, 3.05) is 5.33 Å². The molecule has 1 aliphatic carbocycles. The van der Waals surface area contributed by atoms with Crippen LogP contribution in [0, 0.1) is 6.92 Å². The topological polar surface area (TPSA) is 42.0 Å². The summed E-state index contributed by atoms with van der Waals surface area (Å²) < 4.78 is 0. The van der Waals surface area contributed by atoms with Gasteiger partial charge in [-0.05, 0) is 31.9 Å². The maximum atomic E-state index is 12.3. The van der Waals surface area contributed by atoms with Crippen molar-refractivity contribution in [2.24, 2.45) is 0 Å². The zero-order valence-electron chi connectivity index (χ0n) is 10.7. The summed E-state index contributed by atoms with van der Waals surface area (Å²) in [6, 6.07) is 3.64. The molecule has 1 aromatic rings. The van der Waals surface area contributed by atoms with Crippen LogP contribution in [0.4, 0.5) is 0 Å². The lowest BCUT2D eigenvalue weighted by Gasteiger charge is -2.36. The van der Waals surface area contributed by atoms with E-state index in [9.17, 15) is 4.79 Å². The molecule has 0 saturated heterocycles. The number of carbonyl (C=O) groups excluding carboxylic acids is 1. The lowest BCUT2D eigenvalue weighted by Crippen LogP contribution is -2.51. The van der Waals surface area contributed by atoms with E-state index >= 15 is 0 Å². The molecule has 1 fully saturated rings. The van der Waals surface area contributed by atoms with E-state index in [0.29, 0.717) is 5.56 Å². The molecule has 98 valence electrons. The molecule has 4 heteroatoms. The summed E-state index contributed by atoms with van der Waals surface area (Å²) in [4.78, 5) is 16.5. The van der Waals surface area contributed by atoms with Crippen molar-refractivity contribution < 1.29 is 4.79 Å². The van der Waals surface area contributed by atoms with Crippen molar-refractivity contribution in [3.8, 4) is 0 Å². The number of aryl methyl sites for hydroxylation is 1. The van der Waals surface area contributed by atoms with E-state index in [1.807, 2.05) is 19.1 Å². The van der Waals surface area contributed by atoms with Gasteiger partial charge in [0, 0.05) is 17.2 Å². The SMILES string of the molecule is Cc1ncccc1C(=O)NC1(CBr)CCCCC1. The second-order valence-electron chi connectivity index (χ2n) is 5.07. The van der Waals surface area contributed by atoms with Gasteiger partial charge in [0.25, 0.3) is 5.91 Å². The maximum absolute atomic E-state index is 12.3. The second kappa shape index (κ2) is 5.83. The molecule has 3 nitrogen and oxygen atoms in total. The van der Waals surface area contributed by atoms with Crippen LogP contribution in [-0.2, 0) is 0 Å². The highest BCUT2D eigenvalue weighted by atomic mass is 79.9. The highest BCUT2D eigenvalue weighted by Gasteiger charge is 2.32. The number of nitrogens with one attached hydrogen (secondary N) is 1. The standard InChI is InChI=1S/C14H19BrN2O/c1-11-12(6-5-9-16-11)13(18)17-14(10-15)7-3-2-4-8-14/h5-6,9H,2-4,7-8,10H2,1H3,(H,17,18). The summed E-state index contributed by atoms with van der Waals surface area (Å²) in [6.07, 6.45) is 7.49. The van der Waals surface area contributed by atoms with Gasteiger partial charge in [0.1, 0.15) is 0 Å². The first-order valence-corrected chi connectivity index (χ1v) is 7.59. The molecule has 0 aromatic carbocycles. The Bertz CT molecular complexity index is 428. The predicted octanol–water partition coefficient (Wildman–Crippen LogP) is 3.22. The number of hydrogen-bond acceptors (Lipinski definition) is 2. The largest absolute Gasteiger partial charge is 0.346 e. The number of nitrogens with zero attached hydrogens (tertiary/aromatic N) is 1. The average Bonchev–Trinajstić information content (AvgIpc) is 2.40. The number of rotatable bonds is 3. The van der Waals surface area contributed by atoms with Crippen LogP contribution in [0.2, 0.25) is 0 Å². The summed E-state index contributed by atoms with van der Waals surface area (Å²) >= 11 is 3.56. The lowest BCUT2D eigenvalue weighted by atomic mass is 9.83. The van der Waals surface area contributed by atoms with Gasteiger partial charge in [-0.15, -0.1) is 0 Å². The van der Waals surface area contributed by atoms with Crippen molar-refractivity contribution in [1.29, 1.82) is 0 Å². The minimum atomic E-state index is -0.0718. The van der Waals surface area contributed by atoms with Crippen LogP contribution in [0.5, 0.6) is 0 Å². The molecular formula is C14H19BrN2O. The van der Waals surface area contributed by atoms with Crippen molar-refractivity contribution in [3.05, 3.63) is 29.6 Å². The Morgan fingerprint density at radius 2 is 2.17 bits per heavy atom. The monoisotopic (exact) mass is 310 g/mol. The summed E-state index contributed by atoms with van der Waals surface area (Å²) in [5.74, 6) is 0.00181. The van der Waals surface area contributed by atoms with Crippen LogP contribution < -0.4 is 5.32 Å². The Labute approximate surface area is 117 Å². The third kappa shape index (κ3) is 2.91. The van der Waals surface area contributed by atoms with Crippen LogP contribution in [0.25, 0.3) is 0 Å². The van der Waals surface area contributed by atoms with Gasteiger partial charge in [-0.2, -0.15) is 0 Å². The smallest absolute Gasteiger partial charge is 0.253 e. The van der Waals surface area contributed by atoms with E-state index in [4.69, 9.17) is 0 Å². The molecular weight excluding hydrogens is 292 g/mol. The molecule has 0 unspecified atom stereocenters. The van der Waals surface area contributed by atoms with E-state index in [1.54, 1.807) is 6.20 Å². The van der Waals surface area contributed by atoms with Crippen LogP contribution in [0.15, 0.2) is 18.3 Å². The third-order valence-electron chi connectivity index (χ3n) is 3.70. The number of alkyl halides is 1. The Morgan fingerprint density at radius 3 is 2.78 bits per heavy atom. The maximum Gasteiger partial charge on any atom is 0.253 e. The molecule has 0 spiro atoms. The normalized spacial score (nSPS) is 18.3. The fourth-order valence-corrected chi connectivity index (χ4v) is 3.25. The van der Waals surface area contributed by atoms with Crippen molar-refractivity contribution in [3.63, 3.8) is 0 Å². The fraction of sp³-hybridized carbons (Fsp3) is 0.571. The van der Waals surface area contributed by atoms with Gasteiger partial charge in [0.05, 0.1) is 11.1 Å². The molecule has 18 heavy (non-hydrogen) atoms. The Kier molecular flexibility index (Phi) is 4.38. The molecule has 1 heterocycles. The quantitative estimate of drug-likeness (QED) is 0.871. The first-order valence-electron chi connectivity index (χ1n) is 6.47. The Hall–Kier alpha value is -0.900. The van der Waals surface area contributed by atoms with E-state index < -0.39 is 0 Å². The molecule has 2 rings (SSSR count). The van der Waals surface area contributed by atoms with E-state index in [2.05, 4.69) is 26.2 Å². The summed E-state index contributed by atoms with van der Waals surface area (Å²) in [5.41, 5.74) is 1.40. The second-order valence-corrected chi connectivity index (χ2v) is 5.63. The zero-order chi connectivity index (χ0) is 13.0. The van der Waals surface area contributed by atoms with Gasteiger partial charge < -0.3 is 5.32 Å². The summed E-state index contributed by atoms with van der Waals surface area (Å²) in [5, 5.41) is 4.04. The molecule has 0 aliphatic heterocycles. The fourth-order valence-electron chi connectivity index (χ4n) is 2.55. The molecule has 0 atom stereocenters. The number of carbonyl (C=O) groups is 1. The molecule has 0 radical (unpaired) electrons. The number of aromatic nitrogens is 1. The van der Waals surface area contributed by atoms with Gasteiger partial charge in [0.2, 0.25) is 0 Å². The summed E-state index contributed by atoms with van der Waals surface area (Å²) in [7, 11) is 0. The van der Waals surface area contributed by atoms with Gasteiger partial charge in [-0.3, -0.25) is 9.78 Å². The average molecular weight is 311 g/mol. The first kappa shape index (κ1) is 13.5. The third-order valence-corrected chi connectivity index (χ3v) is 4.77. The van der Waals surface area contributed by atoms with Gasteiger partial charge in [0.15, 0.2) is 0 Å². The molecule has 0 bridgehead atoms. The van der Waals surface area contributed by atoms with Crippen molar-refractivity contribution >= 4 is 21.8 Å². The Balaban J connectivity index is 2.13. The molecule has 1 N–H and O–H groups in total. The van der Waals surface area contributed by atoms with Crippen LogP contribution in [0.1, 0.15) is 48.2 Å². The highest BCUT2D eigenvalue weighted by Crippen LogP contribution is 2.30. The van der Waals surface area contributed by atoms with Gasteiger partial charge in [-0.1, -0.05) is 35.2 Å². The van der Waals surface area contributed by atoms with Crippen LogP contribution >= 0.6 is 15.9 Å². The van der Waals surface area contributed by atoms with Crippen LogP contribution in [-0.4, -0.2) is 21.8 Å². The van der Waals surface area contributed by atoms with E-state index in [1.165, 1.54) is 19.3 Å². The van der Waals surface area contributed by atoms with E-state index in [0.717, 1.165) is 23.9 Å². The van der Waals surface area contributed by atoms with E-state index in [-0.39, 0.29) is 11.4 Å². The molecule has 1 amide bonds. The van der Waals surface area contributed by atoms with Gasteiger partial charge >= 0.3 is 0 Å². The summed E-state index contributed by atoms with van der Waals surface area (Å²) in [6.45, 7) is 1.87. The van der Waals surface area contributed by atoms with Crippen LogP contribution in [0.3, 0.4) is 0 Å². The minimum absolute atomic E-state index is 0.00181. The predicted molar refractivity (Wildman–Crippen MR) is 76.1 cm³/mol. The molecule has 1 saturated carbocycles. The number of amides is 1. The first-order chi connectivity index (χ1) is 8.67. The van der Waals surface area contributed by atoms with Crippen molar-refractivity contribution in [2.45, 2.75) is 44.6 Å². The van der Waals surface area contributed by atoms with Crippen molar-refractivity contribution in [1.82, 2.24) is 10.3 Å². The lowest BCUT2D eigenvalue weighted by molar-refractivity contribution is 0.0885.